The SMILES string of the molecule is CC(C)Oc1ccc(-n2cnc3ccc(Br)nc32)cc1. The van der Waals surface area contributed by atoms with Gasteiger partial charge < -0.3 is 4.74 Å². The Bertz CT molecular complexity index is 734. The van der Waals surface area contributed by atoms with E-state index in [1.165, 1.54) is 0 Å². The van der Waals surface area contributed by atoms with Crippen molar-refractivity contribution in [1.82, 2.24) is 14.5 Å². The summed E-state index contributed by atoms with van der Waals surface area (Å²) < 4.78 is 8.40. The molecule has 0 amide bonds. The molecule has 3 rings (SSSR count). The molecule has 2 heterocycles. The summed E-state index contributed by atoms with van der Waals surface area (Å²) in [5.74, 6) is 0.863. The molecule has 0 aliphatic heterocycles. The van der Waals surface area contributed by atoms with Crippen molar-refractivity contribution in [1.29, 1.82) is 0 Å². The van der Waals surface area contributed by atoms with Gasteiger partial charge in [0.2, 0.25) is 0 Å². The van der Waals surface area contributed by atoms with Gasteiger partial charge in [-0.1, -0.05) is 0 Å². The minimum atomic E-state index is 0.174. The quantitative estimate of drug-likeness (QED) is 0.682. The number of halogens is 1. The number of ether oxygens (including phenoxy) is 1. The maximum Gasteiger partial charge on any atom is 0.165 e. The lowest BCUT2D eigenvalue weighted by Crippen LogP contribution is -2.05. The van der Waals surface area contributed by atoms with E-state index in [2.05, 4.69) is 25.9 Å². The summed E-state index contributed by atoms with van der Waals surface area (Å²) in [6, 6.07) is 11.7. The Morgan fingerprint density at radius 1 is 1.10 bits per heavy atom. The second-order valence-electron chi connectivity index (χ2n) is 4.75. The van der Waals surface area contributed by atoms with Gasteiger partial charge in [0.1, 0.15) is 22.2 Å². The van der Waals surface area contributed by atoms with Crippen molar-refractivity contribution in [2.24, 2.45) is 0 Å². The zero-order valence-corrected chi connectivity index (χ0v) is 12.8. The maximum absolute atomic E-state index is 5.65. The van der Waals surface area contributed by atoms with Crippen LogP contribution in [0.25, 0.3) is 16.9 Å². The Labute approximate surface area is 125 Å². The predicted octanol–water partition coefficient (Wildman–Crippen LogP) is 3.97. The monoisotopic (exact) mass is 331 g/mol. The highest BCUT2D eigenvalue weighted by Crippen LogP contribution is 2.21. The zero-order chi connectivity index (χ0) is 14.1. The number of benzene rings is 1. The van der Waals surface area contributed by atoms with Gasteiger partial charge in [-0.15, -0.1) is 0 Å². The second kappa shape index (κ2) is 5.25. The van der Waals surface area contributed by atoms with Crippen LogP contribution in [0.3, 0.4) is 0 Å². The summed E-state index contributed by atoms with van der Waals surface area (Å²) in [5.41, 5.74) is 2.71. The number of nitrogens with zero attached hydrogens (tertiary/aromatic N) is 3. The number of hydrogen-bond donors (Lipinski definition) is 0. The molecule has 4 nitrogen and oxygen atoms in total. The van der Waals surface area contributed by atoms with Crippen molar-refractivity contribution in [2.45, 2.75) is 20.0 Å². The number of imidazole rings is 1. The van der Waals surface area contributed by atoms with Gasteiger partial charge in [0.25, 0.3) is 0 Å². The first kappa shape index (κ1) is 13.1. The molecule has 0 atom stereocenters. The average molecular weight is 332 g/mol. The molecule has 0 N–H and O–H groups in total. The Morgan fingerprint density at radius 2 is 1.85 bits per heavy atom. The fourth-order valence-electron chi connectivity index (χ4n) is 2.02. The molecule has 3 aromatic rings. The molecule has 0 saturated heterocycles. The summed E-state index contributed by atoms with van der Waals surface area (Å²) in [6.07, 6.45) is 1.95. The van der Waals surface area contributed by atoms with E-state index in [9.17, 15) is 0 Å². The van der Waals surface area contributed by atoms with Crippen molar-refractivity contribution >= 4 is 27.1 Å². The van der Waals surface area contributed by atoms with E-state index in [-0.39, 0.29) is 6.10 Å². The molecule has 5 heteroatoms. The standard InChI is InChI=1S/C15H14BrN3O/c1-10(2)20-12-5-3-11(4-6-12)19-9-17-13-7-8-14(16)18-15(13)19/h3-10H,1-2H3. The second-order valence-corrected chi connectivity index (χ2v) is 5.56. The molecule has 0 unspecified atom stereocenters. The summed E-state index contributed by atoms with van der Waals surface area (Å²) in [5, 5.41) is 0. The Morgan fingerprint density at radius 3 is 2.55 bits per heavy atom. The lowest BCUT2D eigenvalue weighted by molar-refractivity contribution is 0.242. The minimum Gasteiger partial charge on any atom is -0.491 e. The molecule has 2 aromatic heterocycles. The highest BCUT2D eigenvalue weighted by Gasteiger charge is 2.07. The molecule has 20 heavy (non-hydrogen) atoms. The molecule has 0 aliphatic carbocycles. The van der Waals surface area contributed by atoms with Crippen LogP contribution >= 0.6 is 15.9 Å². The molecule has 102 valence electrons. The molecule has 0 radical (unpaired) electrons. The summed E-state index contributed by atoms with van der Waals surface area (Å²) >= 11 is 3.39. The van der Waals surface area contributed by atoms with Gasteiger partial charge in [-0.25, -0.2) is 9.97 Å². The van der Waals surface area contributed by atoms with E-state index in [4.69, 9.17) is 4.74 Å². The lowest BCUT2D eigenvalue weighted by Gasteiger charge is -2.10. The summed E-state index contributed by atoms with van der Waals surface area (Å²) in [7, 11) is 0. The Kier molecular flexibility index (Phi) is 3.44. The van der Waals surface area contributed by atoms with E-state index in [1.54, 1.807) is 6.33 Å². The van der Waals surface area contributed by atoms with Crippen LogP contribution in [-0.2, 0) is 0 Å². The molecule has 0 bridgehead atoms. The number of aromatic nitrogens is 3. The Hall–Kier alpha value is -1.88. The van der Waals surface area contributed by atoms with Crippen LogP contribution in [0.15, 0.2) is 47.3 Å². The maximum atomic E-state index is 5.65. The molecule has 0 aliphatic rings. The summed E-state index contributed by atoms with van der Waals surface area (Å²) in [6.45, 7) is 4.03. The van der Waals surface area contributed by atoms with Gasteiger partial charge in [-0.2, -0.15) is 0 Å². The van der Waals surface area contributed by atoms with E-state index in [1.807, 2.05) is 54.8 Å². The predicted molar refractivity (Wildman–Crippen MR) is 82.3 cm³/mol. The average Bonchev–Trinajstić information content (AvgIpc) is 2.82. The molecule has 0 fully saturated rings. The summed E-state index contributed by atoms with van der Waals surface area (Å²) in [4.78, 5) is 8.82. The van der Waals surface area contributed by atoms with Gasteiger partial charge in [0.05, 0.1) is 6.10 Å². The normalized spacial score (nSPS) is 11.2. The van der Waals surface area contributed by atoms with Crippen molar-refractivity contribution in [3.8, 4) is 11.4 Å². The van der Waals surface area contributed by atoms with Crippen LogP contribution in [0.2, 0.25) is 0 Å². The topological polar surface area (TPSA) is 39.9 Å². The third-order valence-electron chi connectivity index (χ3n) is 2.85. The first-order chi connectivity index (χ1) is 9.63. The van der Waals surface area contributed by atoms with E-state index in [0.717, 1.165) is 27.2 Å². The van der Waals surface area contributed by atoms with Gasteiger partial charge in [0.15, 0.2) is 5.65 Å². The molecule has 0 spiro atoms. The van der Waals surface area contributed by atoms with Crippen LogP contribution in [0.5, 0.6) is 5.75 Å². The van der Waals surface area contributed by atoms with Gasteiger partial charge in [0, 0.05) is 5.69 Å². The number of fused-ring (bicyclic) bond motifs is 1. The number of pyridine rings is 1. The van der Waals surface area contributed by atoms with Gasteiger partial charge >= 0.3 is 0 Å². The smallest absolute Gasteiger partial charge is 0.165 e. The molecular formula is C15H14BrN3O. The highest BCUT2D eigenvalue weighted by molar-refractivity contribution is 9.10. The zero-order valence-electron chi connectivity index (χ0n) is 11.2. The molecular weight excluding hydrogens is 318 g/mol. The first-order valence-corrected chi connectivity index (χ1v) is 7.19. The third kappa shape index (κ3) is 2.54. The fraction of sp³-hybridized carbons (Fsp3) is 0.200. The van der Waals surface area contributed by atoms with Gasteiger partial charge in [-0.3, -0.25) is 4.57 Å². The largest absolute Gasteiger partial charge is 0.491 e. The molecule has 1 aromatic carbocycles. The van der Waals surface area contributed by atoms with E-state index in [0.29, 0.717) is 0 Å². The molecule has 0 saturated carbocycles. The van der Waals surface area contributed by atoms with Crippen molar-refractivity contribution in [2.75, 3.05) is 0 Å². The van der Waals surface area contributed by atoms with Gasteiger partial charge in [-0.05, 0) is 66.2 Å². The van der Waals surface area contributed by atoms with E-state index >= 15 is 0 Å². The van der Waals surface area contributed by atoms with Crippen LogP contribution in [0.4, 0.5) is 0 Å². The van der Waals surface area contributed by atoms with Crippen molar-refractivity contribution < 1.29 is 4.74 Å². The van der Waals surface area contributed by atoms with Crippen molar-refractivity contribution in [3.05, 3.63) is 47.3 Å². The van der Waals surface area contributed by atoms with Crippen LogP contribution < -0.4 is 4.74 Å². The number of rotatable bonds is 3. The third-order valence-corrected chi connectivity index (χ3v) is 3.29. The fourth-order valence-corrected chi connectivity index (χ4v) is 2.32. The minimum absolute atomic E-state index is 0.174. The lowest BCUT2D eigenvalue weighted by atomic mass is 10.3. The Balaban J connectivity index is 2.00. The van der Waals surface area contributed by atoms with Crippen molar-refractivity contribution in [3.63, 3.8) is 0 Å². The van der Waals surface area contributed by atoms with Crippen LogP contribution in [0.1, 0.15) is 13.8 Å². The first-order valence-electron chi connectivity index (χ1n) is 6.40. The number of hydrogen-bond acceptors (Lipinski definition) is 3. The highest BCUT2D eigenvalue weighted by atomic mass is 79.9. The van der Waals surface area contributed by atoms with Crippen LogP contribution in [0, 0.1) is 0 Å². The van der Waals surface area contributed by atoms with E-state index < -0.39 is 0 Å². The van der Waals surface area contributed by atoms with Crippen LogP contribution in [-0.4, -0.2) is 20.6 Å².